The zero-order valence-electron chi connectivity index (χ0n) is 14.2. The van der Waals surface area contributed by atoms with Gasteiger partial charge in [-0.2, -0.15) is 0 Å². The Hall–Kier alpha value is -2.22. The highest BCUT2D eigenvalue weighted by Crippen LogP contribution is 2.23. The van der Waals surface area contributed by atoms with Crippen LogP contribution in [-0.2, 0) is 4.79 Å². The van der Waals surface area contributed by atoms with Crippen LogP contribution >= 0.6 is 11.8 Å². The Bertz CT molecular complexity index is 672. The Morgan fingerprint density at radius 2 is 2.08 bits per heavy atom. The molecule has 0 bridgehead atoms. The maximum Gasteiger partial charge on any atom is 0.230 e. The van der Waals surface area contributed by atoms with E-state index in [2.05, 4.69) is 22.4 Å². The van der Waals surface area contributed by atoms with Gasteiger partial charge in [0.1, 0.15) is 5.75 Å². The van der Waals surface area contributed by atoms with Crippen LogP contribution < -0.4 is 15.9 Å². The van der Waals surface area contributed by atoms with Gasteiger partial charge in [-0.05, 0) is 37.6 Å². The number of carbonyl (C=O) groups is 1. The molecular weight excluding hydrogens is 326 g/mol. The fourth-order valence-corrected chi connectivity index (χ4v) is 2.93. The smallest absolute Gasteiger partial charge is 0.230 e. The summed E-state index contributed by atoms with van der Waals surface area (Å²) in [6.07, 6.45) is 2.00. The normalized spacial score (nSPS) is 12.0. The molecule has 0 unspecified atom stereocenters. The molecule has 3 N–H and O–H groups in total. The molecule has 0 aliphatic heterocycles. The summed E-state index contributed by atoms with van der Waals surface area (Å²) in [7, 11) is 1.61. The average molecular weight is 349 g/mol. The number of nitrogens with one attached hydrogen (secondary N) is 1. The van der Waals surface area contributed by atoms with E-state index in [-0.39, 0.29) is 17.7 Å². The van der Waals surface area contributed by atoms with E-state index in [9.17, 15) is 4.79 Å². The molecule has 8 heteroatoms. The van der Waals surface area contributed by atoms with Crippen LogP contribution in [-0.4, -0.2) is 39.7 Å². The Kier molecular flexibility index (Phi) is 6.48. The summed E-state index contributed by atoms with van der Waals surface area (Å²) in [6.45, 7) is 4.09. The minimum Gasteiger partial charge on any atom is -0.497 e. The first-order chi connectivity index (χ1) is 11.5. The first-order valence-electron chi connectivity index (χ1n) is 7.82. The molecule has 1 heterocycles. The summed E-state index contributed by atoms with van der Waals surface area (Å²) >= 11 is 1.27. The van der Waals surface area contributed by atoms with Crippen molar-refractivity contribution in [3.63, 3.8) is 0 Å². The molecule has 0 spiro atoms. The SMILES string of the molecule is CCC[C@@H](C)NC(=O)CSc1nnc(-c2ccc(OC)cc2)n1N. The molecular formula is C16H23N5O2S. The Labute approximate surface area is 145 Å². The number of nitrogens with two attached hydrogens (primary N) is 1. The number of amides is 1. The minimum absolute atomic E-state index is 0.0325. The van der Waals surface area contributed by atoms with E-state index in [4.69, 9.17) is 10.6 Å². The van der Waals surface area contributed by atoms with Crippen LogP contribution in [0.15, 0.2) is 29.4 Å². The van der Waals surface area contributed by atoms with Crippen LogP contribution in [0.3, 0.4) is 0 Å². The number of nitrogens with zero attached hydrogens (tertiary/aromatic N) is 3. The van der Waals surface area contributed by atoms with Gasteiger partial charge in [-0.3, -0.25) is 4.79 Å². The van der Waals surface area contributed by atoms with Crippen molar-refractivity contribution in [3.05, 3.63) is 24.3 Å². The van der Waals surface area contributed by atoms with Crippen LogP contribution in [0, 0.1) is 0 Å². The Balaban J connectivity index is 1.98. The summed E-state index contributed by atoms with van der Waals surface area (Å²) in [5.41, 5.74) is 0.832. The molecule has 1 atom stereocenters. The number of hydrogen-bond donors (Lipinski definition) is 2. The van der Waals surface area contributed by atoms with Crippen LogP contribution in [0.1, 0.15) is 26.7 Å². The third kappa shape index (κ3) is 4.64. The number of carbonyl (C=O) groups excluding carboxylic acids is 1. The van der Waals surface area contributed by atoms with Gasteiger partial charge >= 0.3 is 0 Å². The largest absolute Gasteiger partial charge is 0.497 e. The van der Waals surface area contributed by atoms with Crippen molar-refractivity contribution in [1.29, 1.82) is 0 Å². The molecule has 24 heavy (non-hydrogen) atoms. The molecule has 0 saturated carbocycles. The summed E-state index contributed by atoms with van der Waals surface area (Å²) in [5.74, 6) is 7.57. The van der Waals surface area contributed by atoms with Crippen molar-refractivity contribution in [2.45, 2.75) is 37.9 Å². The number of thioether (sulfide) groups is 1. The summed E-state index contributed by atoms with van der Waals surface area (Å²) in [4.78, 5) is 11.9. The van der Waals surface area contributed by atoms with Crippen LogP contribution in [0.2, 0.25) is 0 Å². The topological polar surface area (TPSA) is 95.1 Å². The molecule has 0 radical (unpaired) electrons. The number of hydrogen-bond acceptors (Lipinski definition) is 6. The number of methoxy groups -OCH3 is 1. The maximum absolute atomic E-state index is 11.9. The third-order valence-electron chi connectivity index (χ3n) is 3.47. The van der Waals surface area contributed by atoms with Gasteiger partial charge in [-0.1, -0.05) is 25.1 Å². The highest BCUT2D eigenvalue weighted by atomic mass is 32.2. The molecule has 130 valence electrons. The predicted molar refractivity (Wildman–Crippen MR) is 95.4 cm³/mol. The van der Waals surface area contributed by atoms with Gasteiger partial charge < -0.3 is 15.9 Å². The lowest BCUT2D eigenvalue weighted by atomic mass is 10.2. The highest BCUT2D eigenvalue weighted by Gasteiger charge is 2.14. The molecule has 1 amide bonds. The quantitative estimate of drug-likeness (QED) is 0.559. The summed E-state index contributed by atoms with van der Waals surface area (Å²) in [6, 6.07) is 7.56. The molecule has 1 aromatic carbocycles. The molecule has 0 aliphatic carbocycles. The second-order valence-corrected chi connectivity index (χ2v) is 6.39. The first-order valence-corrected chi connectivity index (χ1v) is 8.80. The number of aromatic nitrogens is 3. The third-order valence-corrected chi connectivity index (χ3v) is 4.42. The van der Waals surface area contributed by atoms with Gasteiger partial charge in [-0.25, -0.2) is 4.68 Å². The molecule has 1 aromatic heterocycles. The van der Waals surface area contributed by atoms with Crippen molar-refractivity contribution in [2.75, 3.05) is 18.7 Å². The number of benzene rings is 1. The minimum atomic E-state index is -0.0325. The van der Waals surface area contributed by atoms with E-state index in [0.29, 0.717) is 11.0 Å². The highest BCUT2D eigenvalue weighted by molar-refractivity contribution is 7.99. The molecule has 2 aromatic rings. The molecule has 2 rings (SSSR count). The summed E-state index contributed by atoms with van der Waals surface area (Å²) < 4.78 is 6.53. The lowest BCUT2D eigenvalue weighted by Crippen LogP contribution is -2.33. The van der Waals surface area contributed by atoms with Crippen molar-refractivity contribution in [2.24, 2.45) is 0 Å². The second kappa shape index (κ2) is 8.58. The van der Waals surface area contributed by atoms with E-state index >= 15 is 0 Å². The standard InChI is InChI=1S/C16H23N5O2S/c1-4-5-11(2)18-14(22)10-24-16-20-19-15(21(16)17)12-6-8-13(23-3)9-7-12/h6-9,11H,4-5,10,17H2,1-3H3,(H,18,22)/t11-/m1/s1. The molecule has 7 nitrogen and oxygen atoms in total. The Morgan fingerprint density at radius 1 is 1.38 bits per heavy atom. The fourth-order valence-electron chi connectivity index (χ4n) is 2.26. The van der Waals surface area contributed by atoms with Crippen molar-refractivity contribution >= 4 is 17.7 Å². The van der Waals surface area contributed by atoms with Crippen LogP contribution in [0.5, 0.6) is 5.75 Å². The zero-order chi connectivity index (χ0) is 17.5. The molecule has 0 fully saturated rings. The first kappa shape index (κ1) is 18.1. The van der Waals surface area contributed by atoms with Crippen LogP contribution in [0.25, 0.3) is 11.4 Å². The van der Waals surface area contributed by atoms with Crippen molar-refractivity contribution in [3.8, 4) is 17.1 Å². The van der Waals surface area contributed by atoms with Gasteiger partial charge in [0.2, 0.25) is 11.1 Å². The Morgan fingerprint density at radius 3 is 2.71 bits per heavy atom. The van der Waals surface area contributed by atoms with Gasteiger partial charge in [0.05, 0.1) is 12.9 Å². The lowest BCUT2D eigenvalue weighted by molar-refractivity contribution is -0.119. The van der Waals surface area contributed by atoms with Gasteiger partial charge in [0, 0.05) is 11.6 Å². The van der Waals surface area contributed by atoms with Crippen molar-refractivity contribution in [1.82, 2.24) is 20.2 Å². The number of nitrogen functional groups attached to an aromatic ring is 1. The zero-order valence-corrected chi connectivity index (χ0v) is 15.0. The van der Waals surface area contributed by atoms with E-state index < -0.39 is 0 Å². The second-order valence-electron chi connectivity index (χ2n) is 5.45. The van der Waals surface area contributed by atoms with E-state index in [1.54, 1.807) is 7.11 Å². The van der Waals surface area contributed by atoms with Crippen LogP contribution in [0.4, 0.5) is 0 Å². The van der Waals surface area contributed by atoms with Gasteiger partial charge in [0.25, 0.3) is 0 Å². The lowest BCUT2D eigenvalue weighted by Gasteiger charge is -2.12. The van der Waals surface area contributed by atoms with Crippen molar-refractivity contribution < 1.29 is 9.53 Å². The van der Waals surface area contributed by atoms with E-state index in [0.717, 1.165) is 24.2 Å². The van der Waals surface area contributed by atoms with E-state index in [1.165, 1.54) is 16.4 Å². The summed E-state index contributed by atoms with van der Waals surface area (Å²) in [5, 5.41) is 11.6. The average Bonchev–Trinajstić information content (AvgIpc) is 2.94. The molecule has 0 aliphatic rings. The predicted octanol–water partition coefficient (Wildman–Crippen LogP) is 2.06. The van der Waals surface area contributed by atoms with Gasteiger partial charge in [-0.15, -0.1) is 10.2 Å². The monoisotopic (exact) mass is 349 g/mol. The fraction of sp³-hybridized carbons (Fsp3) is 0.438. The maximum atomic E-state index is 11.9. The van der Waals surface area contributed by atoms with E-state index in [1.807, 2.05) is 31.2 Å². The molecule has 0 saturated heterocycles. The number of ether oxygens (including phenoxy) is 1. The van der Waals surface area contributed by atoms with Gasteiger partial charge in [0.15, 0.2) is 5.82 Å². The number of rotatable bonds is 8.